The van der Waals surface area contributed by atoms with E-state index in [0.29, 0.717) is 23.6 Å². The predicted octanol–water partition coefficient (Wildman–Crippen LogP) is 5.46. The summed E-state index contributed by atoms with van der Waals surface area (Å²) in [6, 6.07) is 16.4. The minimum atomic E-state index is -0.275. The van der Waals surface area contributed by atoms with E-state index in [1.165, 1.54) is 25.1 Å². The lowest BCUT2D eigenvalue weighted by Crippen LogP contribution is -2.47. The maximum absolute atomic E-state index is 12.9. The Kier molecular flexibility index (Phi) is 8.35. The molecule has 5 aliphatic rings. The highest BCUT2D eigenvalue weighted by Gasteiger charge is 2.36. The van der Waals surface area contributed by atoms with E-state index in [-0.39, 0.29) is 18.2 Å². The number of aromatic nitrogens is 3. The van der Waals surface area contributed by atoms with E-state index in [0.717, 1.165) is 94.0 Å². The summed E-state index contributed by atoms with van der Waals surface area (Å²) in [4.78, 5) is 37.5. The minimum absolute atomic E-state index is 0.244. The van der Waals surface area contributed by atoms with E-state index in [4.69, 9.17) is 19.7 Å². The molecule has 11 nitrogen and oxygen atoms in total. The summed E-state index contributed by atoms with van der Waals surface area (Å²) in [5.41, 5.74) is 3.56. The van der Waals surface area contributed by atoms with Gasteiger partial charge in [-0.2, -0.15) is 15.0 Å². The van der Waals surface area contributed by atoms with Gasteiger partial charge in [0.15, 0.2) is 5.82 Å². The number of urea groups is 1. The second-order valence-electron chi connectivity index (χ2n) is 14.2. The molecule has 0 radical (unpaired) electrons. The van der Waals surface area contributed by atoms with E-state index in [9.17, 15) is 4.79 Å². The minimum Gasteiger partial charge on any atom is -0.371 e. The van der Waals surface area contributed by atoms with Crippen molar-refractivity contribution in [3.63, 3.8) is 0 Å². The van der Waals surface area contributed by atoms with Crippen LogP contribution in [0.15, 0.2) is 48.5 Å². The normalized spacial score (nSPS) is 26.1. The Hall–Kier alpha value is -3.96. The van der Waals surface area contributed by atoms with Gasteiger partial charge in [0.05, 0.1) is 12.2 Å². The summed E-state index contributed by atoms with van der Waals surface area (Å²) in [7, 11) is 0. The number of hydrogen-bond donors (Lipinski definition) is 2. The fraction of sp³-hybridized carbons (Fsp3) is 0.556. The molecule has 248 valence electrons. The van der Waals surface area contributed by atoms with Crippen LogP contribution in [-0.2, 0) is 4.74 Å². The fourth-order valence-corrected chi connectivity index (χ4v) is 7.71. The van der Waals surface area contributed by atoms with Crippen molar-refractivity contribution in [2.24, 2.45) is 5.92 Å². The van der Waals surface area contributed by atoms with Gasteiger partial charge in [0.25, 0.3) is 0 Å². The van der Waals surface area contributed by atoms with Gasteiger partial charge in [-0.15, -0.1) is 0 Å². The van der Waals surface area contributed by atoms with Crippen LogP contribution in [-0.4, -0.2) is 96.0 Å². The van der Waals surface area contributed by atoms with Gasteiger partial charge >= 0.3 is 6.03 Å². The van der Waals surface area contributed by atoms with Gasteiger partial charge in [0.2, 0.25) is 11.9 Å². The van der Waals surface area contributed by atoms with Crippen LogP contribution >= 0.6 is 0 Å². The quantitative estimate of drug-likeness (QED) is 0.334. The Balaban J connectivity index is 0.918. The van der Waals surface area contributed by atoms with Crippen molar-refractivity contribution in [1.82, 2.24) is 19.9 Å². The highest BCUT2D eigenvalue weighted by molar-refractivity contribution is 6.00. The average molecular weight is 638 g/mol. The lowest BCUT2D eigenvalue weighted by Gasteiger charge is -2.36. The molecule has 11 heteroatoms. The third kappa shape index (κ3) is 6.87. The molecule has 4 atom stereocenters. The van der Waals surface area contributed by atoms with Crippen LogP contribution < -0.4 is 25.3 Å². The van der Waals surface area contributed by atoms with Crippen molar-refractivity contribution in [3.05, 3.63) is 48.5 Å². The zero-order valence-electron chi connectivity index (χ0n) is 27.6. The lowest BCUT2D eigenvalue weighted by molar-refractivity contribution is 0.0299. The standard InChI is InChI=1S/C36H47N9O2/c1-24-3-4-25(2)45(24)35-40-33(39-34(41-35)44-22-31-15-16-32(23-44)47-31)27-7-9-28(10-8-27)37-36(46)38-29-11-13-30(14-12-29)43-19-17-42(18-20-43)21-26-5-6-26/h7-14,24-26,31-32H,3-6,15-23H2,1-2H3,(H2,37,38,46). The van der Waals surface area contributed by atoms with E-state index in [1.807, 2.05) is 36.4 Å². The number of hydrogen-bond acceptors (Lipinski definition) is 9. The van der Waals surface area contributed by atoms with Crippen molar-refractivity contribution >= 4 is 35.0 Å². The number of morpholine rings is 1. The largest absolute Gasteiger partial charge is 0.371 e. The number of amides is 2. The predicted molar refractivity (Wildman–Crippen MR) is 186 cm³/mol. The van der Waals surface area contributed by atoms with Crippen LogP contribution in [0.3, 0.4) is 0 Å². The smallest absolute Gasteiger partial charge is 0.323 e. The molecule has 1 saturated carbocycles. The summed E-state index contributed by atoms with van der Waals surface area (Å²) in [5.74, 6) is 3.05. The maximum Gasteiger partial charge on any atom is 0.323 e. The summed E-state index contributed by atoms with van der Waals surface area (Å²) in [5, 5.41) is 5.94. The topological polar surface area (TPSA) is 102 Å². The molecule has 0 spiro atoms. The summed E-state index contributed by atoms with van der Waals surface area (Å²) in [6.45, 7) is 11.7. The molecule has 1 aromatic heterocycles. The number of ether oxygens (including phenoxy) is 1. The molecule has 1 aliphatic carbocycles. The summed E-state index contributed by atoms with van der Waals surface area (Å²) >= 11 is 0. The van der Waals surface area contributed by atoms with Gasteiger partial charge in [-0.1, -0.05) is 0 Å². The van der Waals surface area contributed by atoms with Crippen LogP contribution in [0, 0.1) is 5.92 Å². The molecule has 5 heterocycles. The molecule has 4 unspecified atom stereocenters. The fourth-order valence-electron chi connectivity index (χ4n) is 7.71. The Labute approximate surface area is 277 Å². The van der Waals surface area contributed by atoms with Crippen LogP contribution in [0.4, 0.5) is 33.8 Å². The first kappa shape index (κ1) is 30.4. The number of carbonyl (C=O) groups is 1. The number of nitrogens with one attached hydrogen (secondary N) is 2. The number of benzene rings is 2. The van der Waals surface area contributed by atoms with E-state index < -0.39 is 0 Å². The third-order valence-corrected chi connectivity index (χ3v) is 10.6. The lowest BCUT2D eigenvalue weighted by atomic mass is 10.2. The molecule has 2 amide bonds. The summed E-state index contributed by atoms with van der Waals surface area (Å²) in [6.07, 6.45) is 7.75. The summed E-state index contributed by atoms with van der Waals surface area (Å²) < 4.78 is 6.09. The van der Waals surface area contributed by atoms with E-state index in [2.05, 4.69) is 56.2 Å². The van der Waals surface area contributed by atoms with Gasteiger partial charge in [-0.25, -0.2) is 4.79 Å². The number of piperazine rings is 1. The van der Waals surface area contributed by atoms with Crippen LogP contribution in [0.5, 0.6) is 0 Å². The third-order valence-electron chi connectivity index (χ3n) is 10.6. The Morgan fingerprint density at radius 1 is 0.723 bits per heavy atom. The number of fused-ring (bicyclic) bond motifs is 2. The number of carbonyl (C=O) groups excluding carboxylic acids is 1. The van der Waals surface area contributed by atoms with Gasteiger partial charge in [0.1, 0.15) is 0 Å². The average Bonchev–Trinajstić information content (AvgIpc) is 3.75. The second kappa shape index (κ2) is 12.9. The zero-order valence-corrected chi connectivity index (χ0v) is 27.6. The molecular weight excluding hydrogens is 590 g/mol. The van der Waals surface area contributed by atoms with Crippen molar-refractivity contribution in [2.75, 3.05) is 71.1 Å². The van der Waals surface area contributed by atoms with Crippen LogP contribution in [0.25, 0.3) is 11.4 Å². The molecule has 3 aromatic rings. The molecule has 2 aromatic carbocycles. The molecule has 8 rings (SSSR count). The first-order valence-corrected chi connectivity index (χ1v) is 17.6. The molecule has 4 saturated heterocycles. The van der Waals surface area contributed by atoms with Crippen molar-refractivity contribution in [3.8, 4) is 11.4 Å². The van der Waals surface area contributed by atoms with Gasteiger partial charge in [-0.05, 0) is 107 Å². The molecule has 2 N–H and O–H groups in total. The van der Waals surface area contributed by atoms with Gasteiger partial charge in [-0.3, -0.25) is 4.90 Å². The Bertz CT molecular complexity index is 1530. The second-order valence-corrected chi connectivity index (χ2v) is 14.2. The van der Waals surface area contributed by atoms with E-state index in [1.54, 1.807) is 0 Å². The monoisotopic (exact) mass is 637 g/mol. The van der Waals surface area contributed by atoms with Gasteiger partial charge in [0, 0.05) is 80.5 Å². The van der Waals surface area contributed by atoms with E-state index >= 15 is 0 Å². The zero-order chi connectivity index (χ0) is 31.9. The van der Waals surface area contributed by atoms with Crippen molar-refractivity contribution < 1.29 is 9.53 Å². The maximum atomic E-state index is 12.9. The molecule has 47 heavy (non-hydrogen) atoms. The number of nitrogens with zero attached hydrogens (tertiary/aromatic N) is 7. The van der Waals surface area contributed by atoms with Crippen LogP contribution in [0.1, 0.15) is 52.4 Å². The first-order valence-electron chi connectivity index (χ1n) is 17.6. The first-order chi connectivity index (χ1) is 22.9. The van der Waals surface area contributed by atoms with Crippen LogP contribution in [0.2, 0.25) is 0 Å². The van der Waals surface area contributed by atoms with Crippen molar-refractivity contribution in [1.29, 1.82) is 0 Å². The molecular formula is C36H47N9O2. The molecule has 5 fully saturated rings. The SMILES string of the molecule is CC1CCC(C)N1c1nc(-c2ccc(NC(=O)Nc3ccc(N4CCN(CC5CC5)CC4)cc3)cc2)nc(N2CC3CCC(C2)O3)n1. The molecule has 2 bridgehead atoms. The Morgan fingerprint density at radius 3 is 1.94 bits per heavy atom. The van der Waals surface area contributed by atoms with Gasteiger partial charge < -0.3 is 30.1 Å². The highest BCUT2D eigenvalue weighted by atomic mass is 16.5. The number of rotatable bonds is 8. The molecule has 4 aliphatic heterocycles. The Morgan fingerprint density at radius 2 is 1.32 bits per heavy atom. The highest BCUT2D eigenvalue weighted by Crippen LogP contribution is 2.34. The van der Waals surface area contributed by atoms with Crippen molar-refractivity contribution in [2.45, 2.75) is 76.7 Å². The number of anilines is 5.